The monoisotopic (exact) mass is 277 g/mol. The number of aliphatic carboxylic acids is 1. The fourth-order valence-electron chi connectivity index (χ4n) is 1.93. The largest absolute Gasteiger partial charge is 0.480 e. The molecule has 0 fully saturated rings. The Balaban J connectivity index is 2.12. The van der Waals surface area contributed by atoms with Crippen molar-refractivity contribution < 1.29 is 24.2 Å². The summed E-state index contributed by atoms with van der Waals surface area (Å²) in [5.41, 5.74) is 2.42. The first kappa shape index (κ1) is 14.1. The van der Waals surface area contributed by atoms with Crippen LogP contribution in [0.25, 0.3) is 11.0 Å². The minimum absolute atomic E-state index is 0.000158. The Labute approximate surface area is 115 Å². The van der Waals surface area contributed by atoms with Gasteiger partial charge < -0.3 is 19.9 Å². The molecule has 0 bridgehead atoms. The minimum Gasteiger partial charge on any atom is -0.480 e. The van der Waals surface area contributed by atoms with Crippen LogP contribution in [0.4, 0.5) is 0 Å². The molecule has 1 atom stereocenters. The van der Waals surface area contributed by atoms with Crippen LogP contribution in [-0.4, -0.2) is 34.7 Å². The Hall–Kier alpha value is -2.34. The average Bonchev–Trinajstić information content (AvgIpc) is 2.77. The van der Waals surface area contributed by atoms with Gasteiger partial charge in [-0.05, 0) is 18.6 Å². The summed E-state index contributed by atoms with van der Waals surface area (Å²) in [6, 6.07) is 4.35. The van der Waals surface area contributed by atoms with Crippen LogP contribution < -0.4 is 5.32 Å². The number of carboxylic acids is 1. The molecule has 0 aliphatic rings. The van der Waals surface area contributed by atoms with E-state index in [1.807, 2.05) is 25.1 Å². The lowest BCUT2D eigenvalue weighted by atomic mass is 10.1. The Kier molecular flexibility index (Phi) is 4.05. The molecule has 1 heterocycles. The van der Waals surface area contributed by atoms with Crippen molar-refractivity contribution in [2.24, 2.45) is 0 Å². The van der Waals surface area contributed by atoms with Crippen molar-refractivity contribution in [3.8, 4) is 0 Å². The highest BCUT2D eigenvalue weighted by atomic mass is 16.4. The molecular formula is C14H15NO5. The molecule has 20 heavy (non-hydrogen) atoms. The van der Waals surface area contributed by atoms with Crippen molar-refractivity contribution in [1.82, 2.24) is 5.32 Å². The number of benzene rings is 1. The van der Waals surface area contributed by atoms with Crippen molar-refractivity contribution in [2.45, 2.75) is 19.4 Å². The van der Waals surface area contributed by atoms with Crippen LogP contribution in [0.5, 0.6) is 0 Å². The summed E-state index contributed by atoms with van der Waals surface area (Å²) < 4.78 is 5.36. The van der Waals surface area contributed by atoms with Gasteiger partial charge in [0.05, 0.1) is 19.3 Å². The second-order valence-corrected chi connectivity index (χ2v) is 4.58. The SMILES string of the molecule is Cc1ccc2c(CC(=O)N[C@@H](CO)C(=O)O)coc2c1. The smallest absolute Gasteiger partial charge is 0.328 e. The Morgan fingerprint density at radius 2 is 2.15 bits per heavy atom. The van der Waals surface area contributed by atoms with E-state index in [4.69, 9.17) is 14.6 Å². The van der Waals surface area contributed by atoms with Gasteiger partial charge in [0.25, 0.3) is 0 Å². The molecule has 0 saturated carbocycles. The number of fused-ring (bicyclic) bond motifs is 1. The van der Waals surface area contributed by atoms with Gasteiger partial charge in [-0.3, -0.25) is 4.79 Å². The molecule has 1 aromatic heterocycles. The van der Waals surface area contributed by atoms with E-state index in [9.17, 15) is 9.59 Å². The quantitative estimate of drug-likeness (QED) is 0.752. The van der Waals surface area contributed by atoms with E-state index in [-0.39, 0.29) is 6.42 Å². The lowest BCUT2D eigenvalue weighted by Gasteiger charge is -2.10. The van der Waals surface area contributed by atoms with Gasteiger partial charge in [-0.15, -0.1) is 0 Å². The summed E-state index contributed by atoms with van der Waals surface area (Å²) in [6.07, 6.45) is 1.48. The van der Waals surface area contributed by atoms with Crippen molar-refractivity contribution in [3.05, 3.63) is 35.6 Å². The number of rotatable bonds is 5. The second kappa shape index (κ2) is 5.75. The fourth-order valence-corrected chi connectivity index (χ4v) is 1.93. The molecule has 2 rings (SSSR count). The number of furan rings is 1. The number of carbonyl (C=O) groups is 2. The zero-order valence-electron chi connectivity index (χ0n) is 10.9. The van der Waals surface area contributed by atoms with E-state index in [1.54, 1.807) is 0 Å². The van der Waals surface area contributed by atoms with Crippen LogP contribution in [0.2, 0.25) is 0 Å². The zero-order valence-corrected chi connectivity index (χ0v) is 10.9. The van der Waals surface area contributed by atoms with E-state index in [0.29, 0.717) is 11.1 Å². The average molecular weight is 277 g/mol. The maximum absolute atomic E-state index is 11.8. The summed E-state index contributed by atoms with van der Waals surface area (Å²) >= 11 is 0. The van der Waals surface area contributed by atoms with Crippen LogP contribution in [-0.2, 0) is 16.0 Å². The Morgan fingerprint density at radius 3 is 2.80 bits per heavy atom. The highest BCUT2D eigenvalue weighted by Crippen LogP contribution is 2.22. The van der Waals surface area contributed by atoms with E-state index in [0.717, 1.165) is 10.9 Å². The van der Waals surface area contributed by atoms with Gasteiger partial charge in [-0.25, -0.2) is 4.79 Å². The van der Waals surface area contributed by atoms with Crippen LogP contribution in [0, 0.1) is 6.92 Å². The molecule has 2 aromatic rings. The molecule has 0 spiro atoms. The highest BCUT2D eigenvalue weighted by molar-refractivity contribution is 5.89. The number of aliphatic hydroxyl groups is 1. The molecule has 0 unspecified atom stereocenters. The summed E-state index contributed by atoms with van der Waals surface area (Å²) in [7, 11) is 0. The van der Waals surface area contributed by atoms with Crippen LogP contribution >= 0.6 is 0 Å². The lowest BCUT2D eigenvalue weighted by molar-refractivity contribution is -0.142. The Morgan fingerprint density at radius 1 is 1.40 bits per heavy atom. The van der Waals surface area contributed by atoms with Gasteiger partial charge >= 0.3 is 5.97 Å². The van der Waals surface area contributed by atoms with E-state index >= 15 is 0 Å². The number of aryl methyl sites for hydroxylation is 1. The molecular weight excluding hydrogens is 262 g/mol. The van der Waals surface area contributed by atoms with E-state index in [2.05, 4.69) is 5.32 Å². The number of carboxylic acid groups (broad SMARTS) is 1. The molecule has 0 saturated heterocycles. The molecule has 106 valence electrons. The number of carbonyl (C=O) groups excluding carboxylic acids is 1. The summed E-state index contributed by atoms with van der Waals surface area (Å²) in [6.45, 7) is 1.29. The second-order valence-electron chi connectivity index (χ2n) is 4.58. The molecule has 0 radical (unpaired) electrons. The van der Waals surface area contributed by atoms with Crippen LogP contribution in [0.3, 0.4) is 0 Å². The molecule has 6 nitrogen and oxygen atoms in total. The molecule has 6 heteroatoms. The molecule has 0 aliphatic carbocycles. The van der Waals surface area contributed by atoms with Gasteiger partial charge in [-0.1, -0.05) is 12.1 Å². The summed E-state index contributed by atoms with van der Waals surface area (Å²) in [5.74, 6) is -1.75. The van der Waals surface area contributed by atoms with Crippen LogP contribution in [0.1, 0.15) is 11.1 Å². The molecule has 3 N–H and O–H groups in total. The predicted octanol–water partition coefficient (Wildman–Crippen LogP) is 0.845. The third-order valence-corrected chi connectivity index (χ3v) is 2.98. The van der Waals surface area contributed by atoms with E-state index < -0.39 is 24.5 Å². The molecule has 0 aliphatic heterocycles. The van der Waals surface area contributed by atoms with Gasteiger partial charge in [-0.2, -0.15) is 0 Å². The van der Waals surface area contributed by atoms with Crippen LogP contribution in [0.15, 0.2) is 28.9 Å². The topological polar surface area (TPSA) is 99.8 Å². The number of amides is 1. The summed E-state index contributed by atoms with van der Waals surface area (Å²) in [5, 5.41) is 20.7. The third-order valence-electron chi connectivity index (χ3n) is 2.98. The van der Waals surface area contributed by atoms with Crippen molar-refractivity contribution in [3.63, 3.8) is 0 Å². The summed E-state index contributed by atoms with van der Waals surface area (Å²) in [4.78, 5) is 22.5. The lowest BCUT2D eigenvalue weighted by Crippen LogP contribution is -2.43. The first-order valence-corrected chi connectivity index (χ1v) is 6.11. The maximum Gasteiger partial charge on any atom is 0.328 e. The van der Waals surface area contributed by atoms with Crippen molar-refractivity contribution >= 4 is 22.8 Å². The van der Waals surface area contributed by atoms with Gasteiger partial charge in [0.2, 0.25) is 5.91 Å². The normalized spacial score (nSPS) is 12.3. The van der Waals surface area contributed by atoms with Crippen molar-refractivity contribution in [1.29, 1.82) is 0 Å². The van der Waals surface area contributed by atoms with Gasteiger partial charge in [0, 0.05) is 10.9 Å². The number of aliphatic hydroxyl groups excluding tert-OH is 1. The number of nitrogens with one attached hydrogen (secondary N) is 1. The zero-order chi connectivity index (χ0) is 14.7. The third kappa shape index (κ3) is 2.97. The number of hydrogen-bond donors (Lipinski definition) is 3. The Bertz CT molecular complexity index is 646. The first-order valence-electron chi connectivity index (χ1n) is 6.11. The van der Waals surface area contributed by atoms with E-state index in [1.165, 1.54) is 6.26 Å². The minimum atomic E-state index is -1.29. The van der Waals surface area contributed by atoms with Crippen molar-refractivity contribution in [2.75, 3.05) is 6.61 Å². The fraction of sp³-hybridized carbons (Fsp3) is 0.286. The first-order chi connectivity index (χ1) is 9.51. The molecule has 1 amide bonds. The standard InChI is InChI=1S/C14H15NO5/c1-8-2-3-10-9(7-20-12(10)4-8)5-13(17)15-11(6-16)14(18)19/h2-4,7,11,16H,5-6H2,1H3,(H,15,17)(H,18,19)/t11-/m0/s1. The van der Waals surface area contributed by atoms with Gasteiger partial charge in [0.15, 0.2) is 0 Å². The maximum atomic E-state index is 11.8. The molecule has 1 aromatic carbocycles. The predicted molar refractivity (Wildman–Crippen MR) is 71.3 cm³/mol. The highest BCUT2D eigenvalue weighted by Gasteiger charge is 2.19. The van der Waals surface area contributed by atoms with Gasteiger partial charge in [0.1, 0.15) is 11.6 Å². The number of hydrogen-bond acceptors (Lipinski definition) is 4.